The van der Waals surface area contributed by atoms with Crippen LogP contribution >= 0.6 is 0 Å². The third kappa shape index (κ3) is 2.84. The first-order valence-corrected chi connectivity index (χ1v) is 6.23. The molecule has 0 bridgehead atoms. The monoisotopic (exact) mass is 260 g/mol. The van der Waals surface area contributed by atoms with E-state index in [1.165, 1.54) is 6.07 Å². The van der Waals surface area contributed by atoms with Gasteiger partial charge >= 0.3 is 5.69 Å². The SMILES string of the molecule is Cc1cc(C)c(OCC2(CC#N)CC2)c([N+](=O)[O-])c1. The topological polar surface area (TPSA) is 76.2 Å². The normalized spacial score (nSPS) is 15.6. The molecule has 0 unspecified atom stereocenters. The molecule has 0 radical (unpaired) electrons. The maximum atomic E-state index is 11.1. The van der Waals surface area contributed by atoms with Gasteiger partial charge in [0.05, 0.1) is 17.6 Å². The summed E-state index contributed by atoms with van der Waals surface area (Å²) >= 11 is 0. The molecule has 0 aliphatic heterocycles. The van der Waals surface area contributed by atoms with Crippen molar-refractivity contribution in [3.63, 3.8) is 0 Å². The first kappa shape index (κ1) is 13.3. The maximum Gasteiger partial charge on any atom is 0.311 e. The Kier molecular flexibility index (Phi) is 3.43. The lowest BCUT2D eigenvalue weighted by molar-refractivity contribution is -0.386. The number of rotatable bonds is 5. The average molecular weight is 260 g/mol. The van der Waals surface area contributed by atoms with Crippen molar-refractivity contribution in [3.05, 3.63) is 33.4 Å². The Morgan fingerprint density at radius 3 is 2.68 bits per heavy atom. The van der Waals surface area contributed by atoms with Crippen LogP contribution in [0, 0.1) is 40.7 Å². The molecule has 1 aliphatic rings. The number of nitrogens with zero attached hydrogens (tertiary/aromatic N) is 2. The molecule has 0 spiro atoms. The van der Waals surface area contributed by atoms with Gasteiger partial charge in [-0.15, -0.1) is 0 Å². The summed E-state index contributed by atoms with van der Waals surface area (Å²) in [5.41, 5.74) is 1.53. The highest BCUT2D eigenvalue weighted by molar-refractivity contribution is 5.53. The number of hydrogen-bond acceptors (Lipinski definition) is 4. The van der Waals surface area contributed by atoms with Gasteiger partial charge in [-0.1, -0.05) is 6.07 Å². The first-order valence-electron chi connectivity index (χ1n) is 6.23. The zero-order chi connectivity index (χ0) is 14.0. The highest BCUT2D eigenvalue weighted by atomic mass is 16.6. The molecule has 19 heavy (non-hydrogen) atoms. The molecular formula is C14H16N2O3. The van der Waals surface area contributed by atoms with Crippen LogP contribution in [-0.2, 0) is 0 Å². The van der Waals surface area contributed by atoms with E-state index in [0.717, 1.165) is 24.0 Å². The van der Waals surface area contributed by atoms with E-state index >= 15 is 0 Å². The van der Waals surface area contributed by atoms with Crippen LogP contribution in [0.3, 0.4) is 0 Å². The molecule has 100 valence electrons. The largest absolute Gasteiger partial charge is 0.486 e. The Hall–Kier alpha value is -2.09. The van der Waals surface area contributed by atoms with Gasteiger partial charge < -0.3 is 4.74 Å². The minimum Gasteiger partial charge on any atom is -0.486 e. The molecule has 0 amide bonds. The molecule has 0 N–H and O–H groups in total. The summed E-state index contributed by atoms with van der Waals surface area (Å²) in [6.07, 6.45) is 2.37. The van der Waals surface area contributed by atoms with Crippen LogP contribution in [0.1, 0.15) is 30.4 Å². The highest BCUT2D eigenvalue weighted by Gasteiger charge is 2.43. The predicted octanol–water partition coefficient (Wildman–Crippen LogP) is 3.28. The Morgan fingerprint density at radius 1 is 1.47 bits per heavy atom. The van der Waals surface area contributed by atoms with E-state index in [1.807, 2.05) is 13.0 Å². The second kappa shape index (κ2) is 4.88. The Bertz CT molecular complexity index is 557. The van der Waals surface area contributed by atoms with Gasteiger partial charge in [0, 0.05) is 17.9 Å². The van der Waals surface area contributed by atoms with E-state index in [4.69, 9.17) is 10.00 Å². The predicted molar refractivity (Wildman–Crippen MR) is 70.0 cm³/mol. The molecule has 1 fully saturated rings. The Morgan fingerprint density at radius 2 is 2.16 bits per heavy atom. The van der Waals surface area contributed by atoms with Crippen LogP contribution < -0.4 is 4.74 Å². The quantitative estimate of drug-likeness (QED) is 0.601. The van der Waals surface area contributed by atoms with Gasteiger partial charge in [0.2, 0.25) is 0 Å². The molecule has 1 saturated carbocycles. The molecule has 0 atom stereocenters. The van der Waals surface area contributed by atoms with Gasteiger partial charge in [-0.25, -0.2) is 0 Å². The minimum atomic E-state index is -0.417. The Balaban J connectivity index is 2.20. The van der Waals surface area contributed by atoms with Crippen LogP contribution in [0.15, 0.2) is 12.1 Å². The zero-order valence-corrected chi connectivity index (χ0v) is 11.1. The molecule has 0 heterocycles. The third-order valence-electron chi connectivity index (χ3n) is 3.53. The number of aryl methyl sites for hydroxylation is 2. The van der Waals surface area contributed by atoms with Gasteiger partial charge in [0.15, 0.2) is 5.75 Å². The fourth-order valence-electron chi connectivity index (χ4n) is 2.20. The number of nitro groups is 1. The summed E-state index contributed by atoms with van der Waals surface area (Å²) in [5.74, 6) is 0.333. The van der Waals surface area contributed by atoms with Crippen LogP contribution in [-0.4, -0.2) is 11.5 Å². The van der Waals surface area contributed by atoms with E-state index in [2.05, 4.69) is 6.07 Å². The molecular weight excluding hydrogens is 244 g/mol. The van der Waals surface area contributed by atoms with Crippen LogP contribution in [0.4, 0.5) is 5.69 Å². The van der Waals surface area contributed by atoms with Crippen molar-refractivity contribution in [3.8, 4) is 11.8 Å². The van der Waals surface area contributed by atoms with Crippen molar-refractivity contribution in [2.24, 2.45) is 5.41 Å². The lowest BCUT2D eigenvalue weighted by atomic mass is 10.1. The van der Waals surface area contributed by atoms with Crippen LogP contribution in [0.25, 0.3) is 0 Å². The van der Waals surface area contributed by atoms with Crippen molar-refractivity contribution in [1.29, 1.82) is 5.26 Å². The summed E-state index contributed by atoms with van der Waals surface area (Å²) in [5, 5.41) is 19.8. The molecule has 0 saturated heterocycles. The van der Waals surface area contributed by atoms with Crippen molar-refractivity contribution >= 4 is 5.69 Å². The minimum absolute atomic E-state index is 0.00487. The number of benzene rings is 1. The summed E-state index contributed by atoms with van der Waals surface area (Å²) in [7, 11) is 0. The van der Waals surface area contributed by atoms with E-state index < -0.39 is 4.92 Å². The van der Waals surface area contributed by atoms with Crippen LogP contribution in [0.5, 0.6) is 5.75 Å². The fourth-order valence-corrected chi connectivity index (χ4v) is 2.20. The lowest BCUT2D eigenvalue weighted by Gasteiger charge is -2.15. The standard InChI is InChI=1S/C14H16N2O3/c1-10-7-11(2)13(12(8-10)16(17)18)19-9-14(3-4-14)5-6-15/h7-8H,3-5,9H2,1-2H3. The number of hydrogen-bond donors (Lipinski definition) is 0. The Labute approximate surface area is 112 Å². The maximum absolute atomic E-state index is 11.1. The average Bonchev–Trinajstić information content (AvgIpc) is 3.07. The fraction of sp³-hybridized carbons (Fsp3) is 0.500. The molecule has 0 aromatic heterocycles. The molecule has 2 rings (SSSR count). The van der Waals surface area contributed by atoms with E-state index in [9.17, 15) is 10.1 Å². The van der Waals surface area contributed by atoms with Gasteiger partial charge in [-0.2, -0.15) is 5.26 Å². The van der Waals surface area contributed by atoms with Crippen molar-refractivity contribution < 1.29 is 9.66 Å². The van der Waals surface area contributed by atoms with E-state index in [1.54, 1.807) is 6.92 Å². The molecule has 1 aromatic rings. The van der Waals surface area contributed by atoms with Gasteiger partial charge in [-0.3, -0.25) is 10.1 Å². The number of ether oxygens (including phenoxy) is 1. The first-order chi connectivity index (χ1) is 8.97. The number of nitriles is 1. The summed E-state index contributed by atoms with van der Waals surface area (Å²) < 4.78 is 5.67. The molecule has 5 heteroatoms. The lowest BCUT2D eigenvalue weighted by Crippen LogP contribution is -2.13. The molecule has 1 aliphatic carbocycles. The summed E-state index contributed by atoms with van der Waals surface area (Å²) in [4.78, 5) is 10.6. The van der Waals surface area contributed by atoms with E-state index in [0.29, 0.717) is 18.8 Å². The van der Waals surface area contributed by atoms with Crippen molar-refractivity contribution in [1.82, 2.24) is 0 Å². The molecule has 5 nitrogen and oxygen atoms in total. The highest BCUT2D eigenvalue weighted by Crippen LogP contribution is 2.49. The molecule has 1 aromatic carbocycles. The second-order valence-corrected chi connectivity index (χ2v) is 5.31. The smallest absolute Gasteiger partial charge is 0.311 e. The number of nitro benzene ring substituents is 1. The third-order valence-corrected chi connectivity index (χ3v) is 3.53. The second-order valence-electron chi connectivity index (χ2n) is 5.31. The van der Waals surface area contributed by atoms with Gasteiger partial charge in [-0.05, 0) is 37.8 Å². The summed E-state index contributed by atoms with van der Waals surface area (Å²) in [6, 6.07) is 5.54. The van der Waals surface area contributed by atoms with Crippen LogP contribution in [0.2, 0.25) is 0 Å². The summed E-state index contributed by atoms with van der Waals surface area (Å²) in [6.45, 7) is 4.01. The van der Waals surface area contributed by atoms with Gasteiger partial charge in [0.1, 0.15) is 0 Å². The van der Waals surface area contributed by atoms with E-state index in [-0.39, 0.29) is 11.1 Å². The van der Waals surface area contributed by atoms with Crippen molar-refractivity contribution in [2.75, 3.05) is 6.61 Å². The van der Waals surface area contributed by atoms with Crippen molar-refractivity contribution in [2.45, 2.75) is 33.1 Å². The zero-order valence-electron chi connectivity index (χ0n) is 11.1. The van der Waals surface area contributed by atoms with Gasteiger partial charge in [0.25, 0.3) is 0 Å².